The molecule has 2 aliphatic heterocycles. The summed E-state index contributed by atoms with van der Waals surface area (Å²) in [7, 11) is 0. The average molecular weight is 440 g/mol. The van der Waals surface area contributed by atoms with Gasteiger partial charge in [0.05, 0.1) is 6.42 Å². The Hall–Kier alpha value is -3.33. The second kappa shape index (κ2) is 8.43. The highest BCUT2D eigenvalue weighted by atomic mass is 32.2. The van der Waals surface area contributed by atoms with Crippen molar-refractivity contribution < 1.29 is 29.0 Å². The smallest absolute Gasteiger partial charge is 0.352 e. The zero-order valence-corrected chi connectivity index (χ0v) is 17.5. The number of aliphatic carboxylic acids is 1. The molecule has 160 valence electrons. The number of carbonyl (C=O) groups is 4. The van der Waals surface area contributed by atoms with Crippen LogP contribution in [-0.4, -0.2) is 57.5 Å². The summed E-state index contributed by atoms with van der Waals surface area (Å²) in [6.45, 7) is 1.05. The van der Waals surface area contributed by atoms with Crippen molar-refractivity contribution in [3.8, 4) is 0 Å². The Morgan fingerprint density at radius 2 is 1.94 bits per heavy atom. The summed E-state index contributed by atoms with van der Waals surface area (Å²) in [5.41, 5.74) is 1.04. The Bertz CT molecular complexity index is 1120. The van der Waals surface area contributed by atoms with E-state index in [0.29, 0.717) is 11.3 Å². The van der Waals surface area contributed by atoms with E-state index < -0.39 is 29.3 Å². The average Bonchev–Trinajstić information content (AvgIpc) is 2.75. The van der Waals surface area contributed by atoms with Crippen molar-refractivity contribution >= 4 is 46.3 Å². The third-order valence-corrected chi connectivity index (χ3v) is 6.59. The standard InChI is InChI=1S/C22H20N2O6S/c1-12(25)30-10-15-11-31-21-18(20(27)24(21)19(15)22(28)29)23-17(26)9-14-7-4-6-13-5-2-3-8-16(13)14/h2-8,18,21H,9-11H2,1H3,(H,23,26)(H,28,29)/t18-,21-/m1/s1. The van der Waals surface area contributed by atoms with Gasteiger partial charge in [0.1, 0.15) is 23.7 Å². The van der Waals surface area contributed by atoms with Crippen LogP contribution in [0.1, 0.15) is 12.5 Å². The van der Waals surface area contributed by atoms with Gasteiger partial charge in [0.15, 0.2) is 0 Å². The second-order valence-electron chi connectivity index (χ2n) is 7.31. The largest absolute Gasteiger partial charge is 0.477 e. The molecule has 1 saturated heterocycles. The number of nitrogens with one attached hydrogen (secondary N) is 1. The minimum atomic E-state index is -1.26. The van der Waals surface area contributed by atoms with Crippen molar-refractivity contribution in [2.75, 3.05) is 12.4 Å². The number of hydrogen-bond donors (Lipinski definition) is 2. The van der Waals surface area contributed by atoms with Crippen molar-refractivity contribution in [3.05, 3.63) is 59.3 Å². The van der Waals surface area contributed by atoms with E-state index in [-0.39, 0.29) is 24.6 Å². The lowest BCUT2D eigenvalue weighted by molar-refractivity contribution is -0.151. The maximum Gasteiger partial charge on any atom is 0.352 e. The van der Waals surface area contributed by atoms with Crippen LogP contribution in [0.3, 0.4) is 0 Å². The molecule has 0 unspecified atom stereocenters. The molecule has 8 nitrogen and oxygen atoms in total. The number of carbonyl (C=O) groups excluding carboxylic acids is 3. The number of carboxylic acids is 1. The number of nitrogens with zero attached hydrogens (tertiary/aromatic N) is 1. The van der Waals surface area contributed by atoms with Gasteiger partial charge in [0, 0.05) is 18.2 Å². The molecule has 0 aromatic heterocycles. The fourth-order valence-electron chi connectivity index (χ4n) is 3.83. The molecule has 2 heterocycles. The lowest BCUT2D eigenvalue weighted by Crippen LogP contribution is -2.70. The number of amides is 2. The SMILES string of the molecule is CC(=O)OCC1=C(C(=O)O)N2C(=O)[C@@H](NC(=O)Cc3cccc4ccccc34)[C@H]2SC1. The Kier molecular flexibility index (Phi) is 5.69. The van der Waals surface area contributed by atoms with Gasteiger partial charge in [-0.2, -0.15) is 0 Å². The van der Waals surface area contributed by atoms with Crippen LogP contribution in [0.5, 0.6) is 0 Å². The fourth-order valence-corrected chi connectivity index (χ4v) is 5.15. The summed E-state index contributed by atoms with van der Waals surface area (Å²) < 4.78 is 4.92. The van der Waals surface area contributed by atoms with Crippen molar-refractivity contribution in [2.45, 2.75) is 24.8 Å². The van der Waals surface area contributed by atoms with Crippen LogP contribution in [0.25, 0.3) is 10.8 Å². The molecule has 2 aromatic carbocycles. The van der Waals surface area contributed by atoms with Crippen molar-refractivity contribution in [1.29, 1.82) is 0 Å². The molecule has 0 bridgehead atoms. The molecule has 31 heavy (non-hydrogen) atoms. The van der Waals surface area contributed by atoms with Crippen LogP contribution in [-0.2, 0) is 30.3 Å². The van der Waals surface area contributed by atoms with Gasteiger partial charge in [-0.3, -0.25) is 19.3 Å². The summed E-state index contributed by atoms with van der Waals surface area (Å²) >= 11 is 1.33. The third kappa shape index (κ3) is 4.00. The third-order valence-electron chi connectivity index (χ3n) is 5.25. The highest BCUT2D eigenvalue weighted by Gasteiger charge is 2.54. The van der Waals surface area contributed by atoms with Gasteiger partial charge >= 0.3 is 11.9 Å². The molecule has 2 N–H and O–H groups in total. The minimum absolute atomic E-state index is 0.113. The first kappa shape index (κ1) is 20.9. The molecule has 0 spiro atoms. The quantitative estimate of drug-likeness (QED) is 0.519. The van der Waals surface area contributed by atoms with Gasteiger partial charge in [0.25, 0.3) is 5.91 Å². The lowest BCUT2D eigenvalue weighted by Gasteiger charge is -2.49. The number of ether oxygens (including phenoxy) is 1. The number of hydrogen-bond acceptors (Lipinski definition) is 6. The molecule has 2 amide bonds. The molecule has 2 atom stereocenters. The number of carboxylic acid groups (broad SMARTS) is 1. The highest BCUT2D eigenvalue weighted by molar-refractivity contribution is 8.00. The first-order valence-electron chi connectivity index (χ1n) is 9.66. The number of β-lactam (4-membered cyclic amide) rings is 1. The van der Waals surface area contributed by atoms with Gasteiger partial charge in [-0.1, -0.05) is 42.5 Å². The topological polar surface area (TPSA) is 113 Å². The van der Waals surface area contributed by atoms with E-state index in [9.17, 15) is 24.3 Å². The summed E-state index contributed by atoms with van der Waals surface area (Å²) in [5.74, 6) is -2.29. The van der Waals surface area contributed by atoms with E-state index in [1.807, 2.05) is 42.5 Å². The number of fused-ring (bicyclic) bond motifs is 2. The number of thioether (sulfide) groups is 1. The summed E-state index contributed by atoms with van der Waals surface area (Å²) in [5, 5.41) is 13.8. The van der Waals surface area contributed by atoms with E-state index in [0.717, 1.165) is 21.2 Å². The van der Waals surface area contributed by atoms with Crippen LogP contribution in [0.2, 0.25) is 0 Å². The van der Waals surface area contributed by atoms with Gasteiger partial charge < -0.3 is 15.2 Å². The van der Waals surface area contributed by atoms with Gasteiger partial charge in [-0.25, -0.2) is 4.79 Å². The Morgan fingerprint density at radius 3 is 2.68 bits per heavy atom. The first-order valence-corrected chi connectivity index (χ1v) is 10.7. The van der Waals surface area contributed by atoms with Gasteiger partial charge in [-0.05, 0) is 16.3 Å². The molecule has 0 aliphatic carbocycles. The first-order chi connectivity index (χ1) is 14.9. The Labute approximate surface area is 182 Å². The summed E-state index contributed by atoms with van der Waals surface area (Å²) in [6, 6.07) is 12.7. The highest BCUT2D eigenvalue weighted by Crippen LogP contribution is 2.40. The molecule has 2 aliphatic rings. The molecule has 2 aromatic rings. The van der Waals surface area contributed by atoms with Crippen LogP contribution in [0.4, 0.5) is 0 Å². The molecular weight excluding hydrogens is 420 g/mol. The number of benzene rings is 2. The summed E-state index contributed by atoms with van der Waals surface area (Å²) in [6.07, 6.45) is 0.113. The minimum Gasteiger partial charge on any atom is -0.477 e. The molecule has 1 fully saturated rings. The lowest BCUT2D eigenvalue weighted by atomic mass is 10.0. The molecule has 0 radical (unpaired) electrons. The predicted molar refractivity (Wildman–Crippen MR) is 114 cm³/mol. The monoisotopic (exact) mass is 440 g/mol. The van der Waals surface area contributed by atoms with E-state index in [1.165, 1.54) is 18.7 Å². The fraction of sp³-hybridized carbons (Fsp3) is 0.273. The van der Waals surface area contributed by atoms with E-state index in [1.54, 1.807) is 0 Å². The van der Waals surface area contributed by atoms with Gasteiger partial charge in [0.2, 0.25) is 5.91 Å². The van der Waals surface area contributed by atoms with E-state index in [4.69, 9.17) is 4.74 Å². The molecule has 0 saturated carbocycles. The van der Waals surface area contributed by atoms with E-state index in [2.05, 4.69) is 5.32 Å². The van der Waals surface area contributed by atoms with Gasteiger partial charge in [-0.15, -0.1) is 11.8 Å². The van der Waals surface area contributed by atoms with Crippen LogP contribution < -0.4 is 5.32 Å². The number of esters is 1. The van der Waals surface area contributed by atoms with Crippen LogP contribution >= 0.6 is 11.8 Å². The maximum absolute atomic E-state index is 12.7. The van der Waals surface area contributed by atoms with Crippen LogP contribution in [0.15, 0.2) is 53.7 Å². The zero-order valence-electron chi connectivity index (χ0n) is 16.7. The molecule has 4 rings (SSSR count). The Balaban J connectivity index is 1.47. The Morgan fingerprint density at radius 1 is 1.19 bits per heavy atom. The maximum atomic E-state index is 12.7. The summed E-state index contributed by atoms with van der Waals surface area (Å²) in [4.78, 5) is 49.3. The number of rotatable bonds is 6. The van der Waals surface area contributed by atoms with Crippen molar-refractivity contribution in [1.82, 2.24) is 10.2 Å². The predicted octanol–water partition coefficient (Wildman–Crippen LogP) is 1.68. The normalized spacial score (nSPS) is 20.2. The molecular formula is C22H20N2O6S. The molecule has 9 heteroatoms. The van der Waals surface area contributed by atoms with E-state index >= 15 is 0 Å². The van der Waals surface area contributed by atoms with Crippen LogP contribution in [0, 0.1) is 0 Å². The van der Waals surface area contributed by atoms with Crippen molar-refractivity contribution in [2.24, 2.45) is 0 Å². The zero-order chi connectivity index (χ0) is 22.1. The second-order valence-corrected chi connectivity index (χ2v) is 8.41. The van der Waals surface area contributed by atoms with Crippen molar-refractivity contribution in [3.63, 3.8) is 0 Å².